The second-order valence-corrected chi connectivity index (χ2v) is 5.42. The number of rotatable bonds is 1. The molecule has 0 saturated carbocycles. The van der Waals surface area contributed by atoms with Crippen molar-refractivity contribution in [3.05, 3.63) is 41.5 Å². The Hall–Kier alpha value is -1.41. The first-order valence-electron chi connectivity index (χ1n) is 5.81. The number of carboxylic acids is 1. The van der Waals surface area contributed by atoms with E-state index >= 15 is 0 Å². The molecule has 0 aliphatic rings. The van der Waals surface area contributed by atoms with Crippen LogP contribution in [0.1, 0.15) is 36.7 Å². The molecule has 4 heteroatoms. The van der Waals surface area contributed by atoms with Crippen molar-refractivity contribution in [2.45, 2.75) is 26.2 Å². The molecule has 3 nitrogen and oxygen atoms in total. The van der Waals surface area contributed by atoms with Gasteiger partial charge >= 0.3 is 5.97 Å². The zero-order chi connectivity index (χ0) is 13.5. The minimum Gasteiger partial charge on any atom is -0.506 e. The van der Waals surface area contributed by atoms with E-state index < -0.39 is 5.97 Å². The van der Waals surface area contributed by atoms with Gasteiger partial charge in [0, 0.05) is 24.9 Å². The second kappa shape index (κ2) is 5.30. The predicted octanol–water partition coefficient (Wildman–Crippen LogP) is 3.54. The number of hydrogen-bond acceptors (Lipinski definition) is 2. The maximum atomic E-state index is 11.2. The van der Waals surface area contributed by atoms with Crippen LogP contribution < -0.4 is 0 Å². The van der Waals surface area contributed by atoms with Gasteiger partial charge in [-0.05, 0) is 22.4 Å². The summed E-state index contributed by atoms with van der Waals surface area (Å²) in [4.78, 5) is 11.2. The van der Waals surface area contributed by atoms with Crippen LogP contribution in [0.2, 0.25) is 0 Å². The summed E-state index contributed by atoms with van der Waals surface area (Å²) in [5.74, 6) is -1.27. The third-order valence-corrected chi connectivity index (χ3v) is 3.05. The normalized spacial score (nSPS) is 11.1. The van der Waals surface area contributed by atoms with Gasteiger partial charge in [0.05, 0.1) is 0 Å². The van der Waals surface area contributed by atoms with Gasteiger partial charge in [-0.25, -0.2) is 4.79 Å². The van der Waals surface area contributed by atoms with Crippen molar-refractivity contribution >= 4 is 16.7 Å². The summed E-state index contributed by atoms with van der Waals surface area (Å²) in [6.45, 7) is 6.08. The van der Waals surface area contributed by atoms with Crippen molar-refractivity contribution in [3.63, 3.8) is 0 Å². The number of carbonyl (C=O) groups is 1. The standard InChI is InChI=1S/C15H16O3.Zn/c1-15(2,3)12-8-11(14(17)18)13(16)10-7-5-4-6-9(10)12;/h4-8,16H,1-3H3,(H,17,18);. The molecule has 0 atom stereocenters. The zero-order valence-electron chi connectivity index (χ0n) is 11.4. The third-order valence-electron chi connectivity index (χ3n) is 3.05. The number of carboxylic acid groups (broad SMARTS) is 1. The summed E-state index contributed by atoms with van der Waals surface area (Å²) in [7, 11) is 0. The molecule has 0 aliphatic carbocycles. The Morgan fingerprint density at radius 2 is 1.63 bits per heavy atom. The minimum absolute atomic E-state index is 0. The quantitative estimate of drug-likeness (QED) is 0.792. The van der Waals surface area contributed by atoms with Crippen LogP contribution in [-0.2, 0) is 24.9 Å². The van der Waals surface area contributed by atoms with E-state index in [1.807, 2.05) is 32.9 Å². The first-order chi connectivity index (χ1) is 8.32. The molecule has 96 valence electrons. The van der Waals surface area contributed by atoms with Crippen LogP contribution in [0, 0.1) is 0 Å². The van der Waals surface area contributed by atoms with E-state index in [4.69, 9.17) is 5.11 Å². The number of phenols is 1. The number of aromatic hydroxyl groups is 1. The van der Waals surface area contributed by atoms with Gasteiger partial charge in [-0.1, -0.05) is 45.0 Å². The van der Waals surface area contributed by atoms with Crippen molar-refractivity contribution in [3.8, 4) is 5.75 Å². The molecule has 0 saturated heterocycles. The first-order valence-corrected chi connectivity index (χ1v) is 5.81. The molecule has 19 heavy (non-hydrogen) atoms. The smallest absolute Gasteiger partial charge is 0.339 e. The maximum absolute atomic E-state index is 11.2. The van der Waals surface area contributed by atoms with Crippen molar-refractivity contribution in [1.82, 2.24) is 0 Å². The number of fused-ring (bicyclic) bond motifs is 1. The molecule has 2 N–H and O–H groups in total. The number of aromatic carboxylic acids is 1. The fraction of sp³-hybridized carbons (Fsp3) is 0.267. The van der Waals surface area contributed by atoms with Crippen LogP contribution in [0.25, 0.3) is 10.8 Å². The molecule has 0 bridgehead atoms. The van der Waals surface area contributed by atoms with E-state index in [0.717, 1.165) is 10.9 Å². The molecule has 0 spiro atoms. The molecule has 0 fully saturated rings. The van der Waals surface area contributed by atoms with Crippen LogP contribution in [-0.4, -0.2) is 16.2 Å². The van der Waals surface area contributed by atoms with E-state index in [1.54, 1.807) is 18.2 Å². The summed E-state index contributed by atoms with van der Waals surface area (Å²) < 4.78 is 0. The Balaban J connectivity index is 0.00000180. The molecule has 0 heterocycles. The van der Waals surface area contributed by atoms with Crippen LogP contribution in [0.15, 0.2) is 30.3 Å². The van der Waals surface area contributed by atoms with Gasteiger partial charge in [0.15, 0.2) is 0 Å². The summed E-state index contributed by atoms with van der Waals surface area (Å²) in [5.41, 5.74) is 0.698. The molecule has 2 aromatic carbocycles. The van der Waals surface area contributed by atoms with Crippen molar-refractivity contribution < 1.29 is 34.5 Å². The van der Waals surface area contributed by atoms with Crippen LogP contribution in [0.3, 0.4) is 0 Å². The molecular formula is C15H16O3Zn. The average molecular weight is 310 g/mol. The summed E-state index contributed by atoms with van der Waals surface area (Å²) in [6.07, 6.45) is 0. The zero-order valence-corrected chi connectivity index (χ0v) is 14.4. The SMILES string of the molecule is CC(C)(C)c1cc(C(=O)O)c(O)c2ccccc12.[Zn]. The van der Waals surface area contributed by atoms with Gasteiger partial charge in [0.25, 0.3) is 0 Å². The monoisotopic (exact) mass is 308 g/mol. The van der Waals surface area contributed by atoms with E-state index in [0.29, 0.717) is 5.39 Å². The van der Waals surface area contributed by atoms with Gasteiger partial charge in [-0.3, -0.25) is 0 Å². The molecular weight excluding hydrogens is 294 g/mol. The van der Waals surface area contributed by atoms with E-state index in [1.165, 1.54) is 0 Å². The Morgan fingerprint density at radius 1 is 1.11 bits per heavy atom. The van der Waals surface area contributed by atoms with E-state index in [-0.39, 0.29) is 36.2 Å². The second-order valence-electron chi connectivity index (χ2n) is 5.42. The van der Waals surface area contributed by atoms with Gasteiger partial charge in [0.2, 0.25) is 0 Å². The Morgan fingerprint density at radius 3 is 2.11 bits per heavy atom. The Labute approximate surface area is 125 Å². The van der Waals surface area contributed by atoms with Crippen LogP contribution >= 0.6 is 0 Å². The Kier molecular flexibility index (Phi) is 4.36. The fourth-order valence-corrected chi connectivity index (χ4v) is 2.14. The third kappa shape index (κ3) is 2.79. The van der Waals surface area contributed by atoms with Crippen molar-refractivity contribution in [2.24, 2.45) is 0 Å². The fourth-order valence-electron chi connectivity index (χ4n) is 2.14. The maximum Gasteiger partial charge on any atom is 0.339 e. The summed E-state index contributed by atoms with van der Waals surface area (Å²) >= 11 is 0. The van der Waals surface area contributed by atoms with Gasteiger partial charge in [-0.2, -0.15) is 0 Å². The van der Waals surface area contributed by atoms with Crippen molar-refractivity contribution in [1.29, 1.82) is 0 Å². The van der Waals surface area contributed by atoms with Crippen molar-refractivity contribution in [2.75, 3.05) is 0 Å². The predicted molar refractivity (Wildman–Crippen MR) is 71.3 cm³/mol. The van der Waals surface area contributed by atoms with Gasteiger partial charge in [-0.15, -0.1) is 0 Å². The minimum atomic E-state index is -1.11. The molecule has 2 rings (SSSR count). The molecule has 0 amide bonds. The number of hydrogen-bond donors (Lipinski definition) is 2. The molecule has 0 aliphatic heterocycles. The molecule has 0 aromatic heterocycles. The number of benzene rings is 2. The largest absolute Gasteiger partial charge is 0.506 e. The van der Waals surface area contributed by atoms with Gasteiger partial charge < -0.3 is 10.2 Å². The topological polar surface area (TPSA) is 57.5 Å². The molecule has 0 unspecified atom stereocenters. The van der Waals surface area contributed by atoms with Crippen LogP contribution in [0.5, 0.6) is 5.75 Å². The summed E-state index contributed by atoms with van der Waals surface area (Å²) in [5, 5.41) is 20.7. The molecule has 0 radical (unpaired) electrons. The molecule has 2 aromatic rings. The van der Waals surface area contributed by atoms with Crippen LogP contribution in [0.4, 0.5) is 0 Å². The van der Waals surface area contributed by atoms with E-state index in [9.17, 15) is 9.90 Å². The average Bonchev–Trinajstić information content (AvgIpc) is 2.27. The van der Waals surface area contributed by atoms with E-state index in [2.05, 4.69) is 0 Å². The Bertz CT molecular complexity index is 627. The first kappa shape index (κ1) is 15.7. The van der Waals surface area contributed by atoms with Gasteiger partial charge in [0.1, 0.15) is 11.3 Å². The summed E-state index contributed by atoms with van der Waals surface area (Å²) in [6, 6.07) is 8.89.